The maximum absolute atomic E-state index is 15.1. The van der Waals surface area contributed by atoms with Gasteiger partial charge in [-0.15, -0.1) is 0 Å². The number of pyridine rings is 1. The maximum atomic E-state index is 15.1. The lowest BCUT2D eigenvalue weighted by Crippen LogP contribution is -2.63. The number of urea groups is 1. The molecule has 0 unspecified atom stereocenters. The predicted octanol–water partition coefficient (Wildman–Crippen LogP) is 2.74. The van der Waals surface area contributed by atoms with E-state index in [-0.39, 0.29) is 53.5 Å². The Balaban J connectivity index is 1.54. The van der Waals surface area contributed by atoms with Crippen LogP contribution in [0.2, 0.25) is 0 Å². The number of carboxylic acids is 1. The maximum Gasteiger partial charge on any atom is 0.325 e. The number of carbonyl (C=O) groups is 2. The van der Waals surface area contributed by atoms with E-state index in [1.807, 2.05) is 0 Å². The number of methoxy groups -OCH3 is 1. The zero-order chi connectivity index (χ0) is 34.0. The number of nitrogens with zero attached hydrogens (tertiary/aromatic N) is 6. The summed E-state index contributed by atoms with van der Waals surface area (Å²) in [7, 11) is 1.20. The fraction of sp³-hybridized carbons (Fsp3) is 0.379. The molecule has 5 rings (SSSR count). The van der Waals surface area contributed by atoms with Gasteiger partial charge in [0.05, 0.1) is 43.1 Å². The van der Waals surface area contributed by atoms with Gasteiger partial charge < -0.3 is 35.5 Å². The molecule has 0 spiro atoms. The quantitative estimate of drug-likeness (QED) is 0.157. The van der Waals surface area contributed by atoms with Crippen molar-refractivity contribution >= 4 is 34.7 Å². The zero-order valence-electron chi connectivity index (χ0n) is 25.1. The number of rotatable bonds is 10. The number of hydrogen-bond donors (Lipinski definition) is 5. The number of fused-ring (bicyclic) bond motifs is 1. The fourth-order valence-electron chi connectivity index (χ4n) is 5.41. The molecular formula is C29H31F4N9O5. The van der Waals surface area contributed by atoms with E-state index in [2.05, 4.69) is 30.6 Å². The summed E-state index contributed by atoms with van der Waals surface area (Å²) < 4.78 is 63.2. The average Bonchev–Trinajstić information content (AvgIpc) is 3.44. The monoisotopic (exact) mass is 661 g/mol. The van der Waals surface area contributed by atoms with Gasteiger partial charge in [0.2, 0.25) is 0 Å². The molecule has 1 aliphatic heterocycles. The number of aliphatic hydroxyl groups excluding tert-OH is 1. The summed E-state index contributed by atoms with van der Waals surface area (Å²) in [5.74, 6) is -3.18. The lowest BCUT2D eigenvalue weighted by molar-refractivity contribution is -0.138. The topological polar surface area (TPSA) is 194 Å². The van der Waals surface area contributed by atoms with Crippen molar-refractivity contribution in [2.24, 2.45) is 5.73 Å². The van der Waals surface area contributed by atoms with Crippen molar-refractivity contribution in [3.05, 3.63) is 54.2 Å². The molecule has 4 aromatic rings. The first-order chi connectivity index (χ1) is 22.3. The number of aliphatic carboxylic acids is 1. The van der Waals surface area contributed by atoms with Gasteiger partial charge in [-0.2, -0.15) is 0 Å². The summed E-state index contributed by atoms with van der Waals surface area (Å²) >= 11 is 0. The van der Waals surface area contributed by atoms with Crippen molar-refractivity contribution in [1.29, 1.82) is 0 Å². The Morgan fingerprint density at radius 3 is 2.62 bits per heavy atom. The van der Waals surface area contributed by atoms with E-state index in [0.717, 1.165) is 18.5 Å². The fourth-order valence-corrected chi connectivity index (χ4v) is 5.41. The zero-order valence-corrected chi connectivity index (χ0v) is 25.1. The number of benzene rings is 1. The van der Waals surface area contributed by atoms with Crippen LogP contribution in [0.15, 0.2) is 37.1 Å². The number of nitrogens with one attached hydrogen (secondary N) is 2. The van der Waals surface area contributed by atoms with E-state index in [4.69, 9.17) is 15.6 Å². The minimum absolute atomic E-state index is 0.00816. The molecule has 0 bridgehead atoms. The number of carboxylic acid groups (broad SMARTS) is 1. The summed E-state index contributed by atoms with van der Waals surface area (Å²) in [6.07, 6.45) is -0.700. The number of alkyl halides is 2. The Morgan fingerprint density at radius 1 is 1.15 bits per heavy atom. The van der Waals surface area contributed by atoms with Crippen molar-refractivity contribution < 1.29 is 42.1 Å². The highest BCUT2D eigenvalue weighted by atomic mass is 19.3. The molecule has 3 atom stereocenters. The number of nitrogens with two attached hydrogens (primary N) is 1. The normalized spacial score (nSPS) is 17.9. The third kappa shape index (κ3) is 6.87. The van der Waals surface area contributed by atoms with Gasteiger partial charge in [0.25, 0.3) is 6.43 Å². The van der Waals surface area contributed by atoms with Gasteiger partial charge in [0.1, 0.15) is 24.3 Å². The van der Waals surface area contributed by atoms with Crippen LogP contribution in [0.3, 0.4) is 0 Å². The first kappa shape index (κ1) is 33.3. The second kappa shape index (κ2) is 13.3. The molecule has 1 aromatic carbocycles. The largest absolute Gasteiger partial charge is 0.494 e. The molecule has 4 heterocycles. The van der Waals surface area contributed by atoms with E-state index < -0.39 is 47.7 Å². The summed E-state index contributed by atoms with van der Waals surface area (Å²) in [4.78, 5) is 42.1. The van der Waals surface area contributed by atoms with Gasteiger partial charge in [0, 0.05) is 24.7 Å². The number of halogens is 4. The standard InChI is InChI=1S/C29H31F4N9O5/c1-14(27(44)45)39-28(46)40-25-22-26(37-12-36-25)42(13-38-22)10-15-6-19(16-7-18(31)21(47-2)8-17(16)30)35-9-20(15)41-5-3-4-29(34,11-41)23(43)24(32)33/h6-9,12-14,23-24,43H,3-5,10-11,34H2,1-2H3,(H,44,45)(H2,36,37,39,40,46)/t14-,23-,29-/m1/s1. The smallest absolute Gasteiger partial charge is 0.325 e. The second-order valence-corrected chi connectivity index (χ2v) is 11.1. The van der Waals surface area contributed by atoms with E-state index in [9.17, 15) is 27.9 Å². The summed E-state index contributed by atoms with van der Waals surface area (Å²) in [5.41, 5.74) is 5.82. The number of aromatic nitrogens is 5. The molecule has 1 aliphatic rings. The van der Waals surface area contributed by atoms with Gasteiger partial charge in [-0.05, 0) is 37.5 Å². The van der Waals surface area contributed by atoms with Crippen molar-refractivity contribution in [2.75, 3.05) is 30.4 Å². The SMILES string of the molecule is COc1cc(F)c(-c2cc(Cn3cnc4c(NC(=O)N[C@H](C)C(=O)O)ncnc43)c(N3CCC[C@](N)([C@H](O)C(F)F)C3)cn2)cc1F. The number of imidazole rings is 1. The summed E-state index contributed by atoms with van der Waals surface area (Å²) in [6, 6.07) is 1.31. The molecule has 0 saturated carbocycles. The lowest BCUT2D eigenvalue weighted by atomic mass is 9.84. The van der Waals surface area contributed by atoms with E-state index >= 15 is 4.39 Å². The Hall–Kier alpha value is -5.10. The molecule has 18 heteroatoms. The second-order valence-electron chi connectivity index (χ2n) is 11.1. The number of piperidine rings is 1. The van der Waals surface area contributed by atoms with Gasteiger partial charge >= 0.3 is 12.0 Å². The Bertz CT molecular complexity index is 1810. The van der Waals surface area contributed by atoms with Crippen LogP contribution in [-0.2, 0) is 11.3 Å². The first-order valence-electron chi connectivity index (χ1n) is 14.3. The first-order valence-corrected chi connectivity index (χ1v) is 14.3. The molecule has 2 amide bonds. The van der Waals surface area contributed by atoms with Crippen molar-refractivity contribution in [3.63, 3.8) is 0 Å². The molecule has 1 saturated heterocycles. The van der Waals surface area contributed by atoms with Crippen LogP contribution < -0.4 is 26.0 Å². The van der Waals surface area contributed by atoms with Gasteiger partial charge in [0.15, 0.2) is 28.5 Å². The number of amides is 2. The highest BCUT2D eigenvalue weighted by Crippen LogP contribution is 2.35. The molecule has 6 N–H and O–H groups in total. The number of hydrogen-bond acceptors (Lipinski definition) is 10. The van der Waals surface area contributed by atoms with E-state index in [0.29, 0.717) is 24.2 Å². The van der Waals surface area contributed by atoms with Crippen molar-refractivity contribution in [2.45, 2.75) is 50.4 Å². The van der Waals surface area contributed by atoms with Crippen molar-refractivity contribution in [1.82, 2.24) is 29.8 Å². The molecule has 3 aromatic heterocycles. The van der Waals surface area contributed by atoms with E-state index in [1.54, 1.807) is 9.47 Å². The van der Waals surface area contributed by atoms with Crippen LogP contribution in [0.5, 0.6) is 5.75 Å². The van der Waals surface area contributed by atoms with Gasteiger partial charge in [-0.3, -0.25) is 15.1 Å². The number of aliphatic hydroxyl groups is 1. The van der Waals surface area contributed by atoms with Crippen LogP contribution >= 0.6 is 0 Å². The summed E-state index contributed by atoms with van der Waals surface area (Å²) in [6.45, 7) is 1.50. The van der Waals surface area contributed by atoms with Crippen LogP contribution in [0.25, 0.3) is 22.4 Å². The molecule has 47 heavy (non-hydrogen) atoms. The van der Waals surface area contributed by atoms with Crippen LogP contribution in [0.4, 0.5) is 33.9 Å². The molecule has 250 valence electrons. The number of ether oxygens (including phenoxy) is 1. The van der Waals surface area contributed by atoms with Crippen LogP contribution in [-0.4, -0.2) is 91.0 Å². The Kier molecular flexibility index (Phi) is 9.43. The highest BCUT2D eigenvalue weighted by Gasteiger charge is 2.43. The van der Waals surface area contributed by atoms with Gasteiger partial charge in [-0.25, -0.2) is 37.3 Å². The molecule has 0 radical (unpaired) electrons. The average molecular weight is 662 g/mol. The summed E-state index contributed by atoms with van der Waals surface area (Å²) in [5, 5.41) is 24.0. The molecule has 1 fully saturated rings. The lowest BCUT2D eigenvalue weighted by Gasteiger charge is -2.44. The third-order valence-corrected chi connectivity index (χ3v) is 7.90. The molecular weight excluding hydrogens is 630 g/mol. The minimum Gasteiger partial charge on any atom is -0.494 e. The highest BCUT2D eigenvalue weighted by molar-refractivity contribution is 5.97. The van der Waals surface area contributed by atoms with Crippen molar-refractivity contribution in [3.8, 4) is 17.0 Å². The number of anilines is 2. The minimum atomic E-state index is -3.07. The Labute approximate surface area is 264 Å². The van der Waals surface area contributed by atoms with Crippen LogP contribution in [0, 0.1) is 11.6 Å². The molecule has 0 aliphatic carbocycles. The Morgan fingerprint density at radius 2 is 1.91 bits per heavy atom. The van der Waals surface area contributed by atoms with Crippen LogP contribution in [0.1, 0.15) is 25.3 Å². The molecule has 14 nitrogen and oxygen atoms in total. The van der Waals surface area contributed by atoms with E-state index in [1.165, 1.54) is 32.6 Å². The third-order valence-electron chi connectivity index (χ3n) is 7.90. The van der Waals surface area contributed by atoms with Gasteiger partial charge in [-0.1, -0.05) is 0 Å². The predicted molar refractivity (Wildman–Crippen MR) is 160 cm³/mol. The number of carbonyl (C=O) groups excluding carboxylic acids is 1.